The summed E-state index contributed by atoms with van der Waals surface area (Å²) in [6.45, 7) is 5.13. The molecule has 1 amide bonds. The molecule has 2 fully saturated rings. The SMILES string of the molecule is COc1ccccc1C(C)(C)C(=O)N1CCC2(CC1)CC2C(=O)O. The number of piperidine rings is 1. The van der Waals surface area contributed by atoms with E-state index in [0.717, 1.165) is 30.6 Å². The van der Waals surface area contributed by atoms with Crippen LogP contribution in [0.2, 0.25) is 0 Å². The first-order valence-electron chi connectivity index (χ1n) is 8.47. The molecule has 1 aliphatic carbocycles. The molecule has 0 radical (unpaired) electrons. The normalized spacial score (nSPS) is 22.3. The maximum absolute atomic E-state index is 13.1. The average molecular weight is 331 g/mol. The van der Waals surface area contributed by atoms with Crippen molar-refractivity contribution in [1.82, 2.24) is 4.90 Å². The fourth-order valence-electron chi connectivity index (χ4n) is 4.08. The number of hydrogen-bond acceptors (Lipinski definition) is 3. The molecule has 5 heteroatoms. The molecular formula is C19H25NO4. The average Bonchev–Trinajstić information content (AvgIpc) is 3.28. The van der Waals surface area contributed by atoms with E-state index in [9.17, 15) is 14.7 Å². The van der Waals surface area contributed by atoms with Crippen LogP contribution in [0.3, 0.4) is 0 Å². The summed E-state index contributed by atoms with van der Waals surface area (Å²) in [5, 5.41) is 9.19. The van der Waals surface area contributed by atoms with Gasteiger partial charge in [-0.25, -0.2) is 0 Å². The highest BCUT2D eigenvalue weighted by Gasteiger charge is 2.59. The Balaban J connectivity index is 1.72. The summed E-state index contributed by atoms with van der Waals surface area (Å²) >= 11 is 0. The van der Waals surface area contributed by atoms with E-state index in [-0.39, 0.29) is 17.2 Å². The number of amides is 1. The number of hydrogen-bond donors (Lipinski definition) is 1. The van der Waals surface area contributed by atoms with Gasteiger partial charge in [0.05, 0.1) is 18.4 Å². The number of ether oxygens (including phenoxy) is 1. The Morgan fingerprint density at radius 1 is 1.25 bits per heavy atom. The van der Waals surface area contributed by atoms with Gasteiger partial charge in [-0.2, -0.15) is 0 Å². The van der Waals surface area contributed by atoms with Gasteiger partial charge in [-0.15, -0.1) is 0 Å². The number of benzene rings is 1. The van der Waals surface area contributed by atoms with Crippen molar-refractivity contribution in [3.05, 3.63) is 29.8 Å². The number of aliphatic carboxylic acids is 1. The Morgan fingerprint density at radius 3 is 2.42 bits per heavy atom. The summed E-state index contributed by atoms with van der Waals surface area (Å²) in [6.07, 6.45) is 2.34. The van der Waals surface area contributed by atoms with Crippen LogP contribution in [0.5, 0.6) is 5.75 Å². The zero-order valence-electron chi connectivity index (χ0n) is 14.5. The smallest absolute Gasteiger partial charge is 0.307 e. The van der Waals surface area contributed by atoms with Gasteiger partial charge in [-0.1, -0.05) is 18.2 Å². The van der Waals surface area contributed by atoms with E-state index >= 15 is 0 Å². The van der Waals surface area contributed by atoms with Crippen LogP contribution in [0.4, 0.5) is 0 Å². The fraction of sp³-hybridized carbons (Fsp3) is 0.579. The maximum atomic E-state index is 13.1. The van der Waals surface area contributed by atoms with Gasteiger partial charge in [0, 0.05) is 18.7 Å². The van der Waals surface area contributed by atoms with E-state index in [0.29, 0.717) is 13.1 Å². The topological polar surface area (TPSA) is 66.8 Å². The minimum atomic E-state index is -0.691. The van der Waals surface area contributed by atoms with Crippen molar-refractivity contribution < 1.29 is 19.4 Å². The van der Waals surface area contributed by atoms with Gasteiger partial charge in [0.25, 0.3) is 0 Å². The molecule has 1 heterocycles. The van der Waals surface area contributed by atoms with E-state index < -0.39 is 11.4 Å². The largest absolute Gasteiger partial charge is 0.496 e. The molecular weight excluding hydrogens is 306 g/mol. The van der Waals surface area contributed by atoms with Crippen LogP contribution in [0.1, 0.15) is 38.7 Å². The van der Waals surface area contributed by atoms with Gasteiger partial charge in [0.15, 0.2) is 0 Å². The quantitative estimate of drug-likeness (QED) is 0.921. The third-order valence-electron chi connectivity index (χ3n) is 5.85. The molecule has 1 saturated carbocycles. The van der Waals surface area contributed by atoms with Gasteiger partial charge in [0.1, 0.15) is 5.75 Å². The monoisotopic (exact) mass is 331 g/mol. The lowest BCUT2D eigenvalue weighted by Crippen LogP contribution is -2.47. The summed E-state index contributed by atoms with van der Waals surface area (Å²) in [7, 11) is 1.61. The number of nitrogens with zero attached hydrogens (tertiary/aromatic N) is 1. The second kappa shape index (κ2) is 5.80. The molecule has 1 N–H and O–H groups in total. The van der Waals surface area contributed by atoms with Crippen molar-refractivity contribution in [3.8, 4) is 5.75 Å². The lowest BCUT2D eigenvalue weighted by Gasteiger charge is -2.38. The van der Waals surface area contributed by atoms with Crippen molar-refractivity contribution in [2.75, 3.05) is 20.2 Å². The Bertz CT molecular complexity index is 659. The number of carbonyl (C=O) groups excluding carboxylic acids is 1. The first-order chi connectivity index (χ1) is 11.3. The molecule has 0 bridgehead atoms. The number of methoxy groups -OCH3 is 1. The van der Waals surface area contributed by atoms with Crippen molar-refractivity contribution in [1.29, 1.82) is 0 Å². The molecule has 1 aromatic carbocycles. The van der Waals surface area contributed by atoms with Crippen molar-refractivity contribution in [3.63, 3.8) is 0 Å². The van der Waals surface area contributed by atoms with E-state index in [2.05, 4.69) is 0 Å². The highest BCUT2D eigenvalue weighted by atomic mass is 16.5. The molecule has 1 aliphatic heterocycles. The fourth-order valence-corrected chi connectivity index (χ4v) is 4.08. The predicted molar refractivity (Wildman–Crippen MR) is 90.0 cm³/mol. The number of carboxylic acids is 1. The van der Waals surface area contributed by atoms with Crippen molar-refractivity contribution in [2.45, 2.75) is 38.5 Å². The third-order valence-corrected chi connectivity index (χ3v) is 5.85. The predicted octanol–water partition coefficient (Wildman–Crippen LogP) is 2.69. The summed E-state index contributed by atoms with van der Waals surface area (Å²) in [6, 6.07) is 7.62. The Kier molecular flexibility index (Phi) is 4.06. The Hall–Kier alpha value is -2.04. The summed E-state index contributed by atoms with van der Waals surface area (Å²) < 4.78 is 5.42. The maximum Gasteiger partial charge on any atom is 0.307 e. The van der Waals surface area contributed by atoms with Crippen molar-refractivity contribution >= 4 is 11.9 Å². The third kappa shape index (κ3) is 2.66. The summed E-state index contributed by atoms with van der Waals surface area (Å²) in [5.74, 6) is -0.104. The molecule has 0 aromatic heterocycles. The lowest BCUT2D eigenvalue weighted by atomic mass is 9.81. The number of likely N-dealkylation sites (tertiary alicyclic amines) is 1. The molecule has 2 aliphatic rings. The first kappa shape index (κ1) is 16.8. The summed E-state index contributed by atoms with van der Waals surface area (Å²) in [5.41, 5.74) is 0.150. The second-order valence-electron chi connectivity index (χ2n) is 7.57. The molecule has 1 atom stereocenters. The first-order valence-corrected chi connectivity index (χ1v) is 8.47. The number of rotatable bonds is 4. The van der Waals surface area contributed by atoms with E-state index in [1.54, 1.807) is 7.11 Å². The molecule has 5 nitrogen and oxygen atoms in total. The van der Waals surface area contributed by atoms with Gasteiger partial charge < -0.3 is 14.7 Å². The molecule has 1 unspecified atom stereocenters. The standard InChI is InChI=1S/C19H25NO4/c1-18(2,13-6-4-5-7-15(13)24-3)17(23)20-10-8-19(9-11-20)12-14(19)16(21)22/h4-7,14H,8-12H2,1-3H3,(H,21,22). The van der Waals surface area contributed by atoms with E-state index in [4.69, 9.17) is 4.74 Å². The summed E-state index contributed by atoms with van der Waals surface area (Å²) in [4.78, 5) is 26.1. The molecule has 1 spiro atoms. The number of carboxylic acid groups (broad SMARTS) is 1. The van der Waals surface area contributed by atoms with Gasteiger partial charge in [0.2, 0.25) is 5.91 Å². The van der Waals surface area contributed by atoms with E-state index in [1.807, 2.05) is 43.0 Å². The van der Waals surface area contributed by atoms with Crippen LogP contribution in [0.15, 0.2) is 24.3 Å². The van der Waals surface area contributed by atoms with Crippen LogP contribution >= 0.6 is 0 Å². The van der Waals surface area contributed by atoms with Crippen LogP contribution in [0, 0.1) is 11.3 Å². The lowest BCUT2D eigenvalue weighted by molar-refractivity contribution is -0.140. The molecule has 3 rings (SSSR count). The van der Waals surface area contributed by atoms with Crippen molar-refractivity contribution in [2.24, 2.45) is 11.3 Å². The van der Waals surface area contributed by atoms with Crippen LogP contribution in [-0.4, -0.2) is 42.1 Å². The van der Waals surface area contributed by atoms with Gasteiger partial charge in [-0.05, 0) is 44.6 Å². The molecule has 130 valence electrons. The number of para-hydroxylation sites is 1. The zero-order chi connectivity index (χ0) is 17.5. The molecule has 1 saturated heterocycles. The minimum absolute atomic E-state index is 0.0583. The van der Waals surface area contributed by atoms with Crippen LogP contribution in [0.25, 0.3) is 0 Å². The van der Waals surface area contributed by atoms with E-state index in [1.165, 1.54) is 0 Å². The second-order valence-corrected chi connectivity index (χ2v) is 7.57. The van der Waals surface area contributed by atoms with Crippen LogP contribution in [-0.2, 0) is 15.0 Å². The van der Waals surface area contributed by atoms with Gasteiger partial charge in [-0.3, -0.25) is 9.59 Å². The Labute approximate surface area is 142 Å². The Morgan fingerprint density at radius 2 is 1.88 bits per heavy atom. The van der Waals surface area contributed by atoms with Crippen LogP contribution < -0.4 is 4.74 Å². The number of carbonyl (C=O) groups is 2. The highest BCUT2D eigenvalue weighted by molar-refractivity contribution is 5.88. The van der Waals surface area contributed by atoms with Gasteiger partial charge >= 0.3 is 5.97 Å². The molecule has 1 aromatic rings. The molecule has 24 heavy (non-hydrogen) atoms. The zero-order valence-corrected chi connectivity index (χ0v) is 14.5. The highest BCUT2D eigenvalue weighted by Crippen LogP contribution is 2.59. The minimum Gasteiger partial charge on any atom is -0.496 e.